The average molecular weight is 701 g/mol. The van der Waals surface area contributed by atoms with E-state index in [9.17, 15) is 9.59 Å². The first-order chi connectivity index (χ1) is 19.4. The third-order valence-electron chi connectivity index (χ3n) is 7.00. The minimum atomic E-state index is -0.679. The second kappa shape index (κ2) is 22.7. The Kier molecular flexibility index (Phi) is 20.6. The zero-order chi connectivity index (χ0) is 29.0. The number of carbonyl (C=O) groups is 2. The van der Waals surface area contributed by atoms with Gasteiger partial charge in [0.25, 0.3) is 0 Å². The number of benzene rings is 1. The van der Waals surface area contributed by atoms with Gasteiger partial charge in [-0.3, -0.25) is 4.79 Å². The summed E-state index contributed by atoms with van der Waals surface area (Å²) >= 11 is 6.42. The highest BCUT2D eigenvalue weighted by Gasteiger charge is 2.20. The van der Waals surface area contributed by atoms with Crippen molar-refractivity contribution in [3.8, 4) is 5.75 Å². The molecule has 0 bridgehead atoms. The molecule has 0 fully saturated rings. The summed E-state index contributed by atoms with van der Waals surface area (Å²) in [6.07, 6.45) is 19.9. The van der Waals surface area contributed by atoms with Crippen molar-refractivity contribution >= 4 is 23.6 Å². The van der Waals surface area contributed by atoms with Crippen molar-refractivity contribution in [3.63, 3.8) is 0 Å². The van der Waals surface area contributed by atoms with Gasteiger partial charge >= 0.3 is 6.09 Å². The van der Waals surface area contributed by atoms with Gasteiger partial charge < -0.3 is 33.5 Å². The Morgan fingerprint density at radius 1 is 0.805 bits per heavy atom. The van der Waals surface area contributed by atoms with Gasteiger partial charge in [-0.15, -0.1) is 0 Å². The van der Waals surface area contributed by atoms with Crippen molar-refractivity contribution in [3.05, 3.63) is 58.9 Å². The van der Waals surface area contributed by atoms with E-state index in [1.165, 1.54) is 71.1 Å². The van der Waals surface area contributed by atoms with Crippen LogP contribution < -0.4 is 33.3 Å². The van der Waals surface area contributed by atoms with Crippen LogP contribution in [-0.2, 0) is 29.2 Å². The zero-order valence-electron chi connectivity index (χ0n) is 25.3. The lowest BCUT2D eigenvalue weighted by Crippen LogP contribution is -3.00. The van der Waals surface area contributed by atoms with Gasteiger partial charge in [-0.2, -0.15) is 0 Å². The largest absolute Gasteiger partial charge is 1.00 e. The van der Waals surface area contributed by atoms with Crippen LogP contribution in [0.4, 0.5) is 4.79 Å². The maximum absolute atomic E-state index is 12.7. The number of ether oxygens (including phenoxy) is 2. The van der Waals surface area contributed by atoms with Gasteiger partial charge in [-0.05, 0) is 29.7 Å². The monoisotopic (exact) mass is 700 g/mol. The summed E-state index contributed by atoms with van der Waals surface area (Å²) in [6, 6.07) is 9.21. The average Bonchev–Trinajstić information content (AvgIpc) is 2.94. The number of hydrogen-bond donors (Lipinski definition) is 0. The van der Waals surface area contributed by atoms with Crippen LogP contribution in [0.5, 0.6) is 5.75 Å². The number of carbonyl (C=O) groups excluding carboxylic acids is 2. The summed E-state index contributed by atoms with van der Waals surface area (Å²) in [6.45, 7) is 7.48. The molecule has 2 aromatic rings. The molecule has 0 saturated carbocycles. The molecule has 230 valence electrons. The van der Waals surface area contributed by atoms with Gasteiger partial charge in [0.15, 0.2) is 12.4 Å². The van der Waals surface area contributed by atoms with Crippen molar-refractivity contribution < 1.29 is 47.6 Å². The standard InChI is InChI=1S/C33H50ClN2O4.HI/c1-4-6-7-8-9-10-11-12-13-14-15-16-24-39-32-18-17-30(25-31(32)34)27-40-33(38)36(28(3)37)26-29-19-22-35(21-5-2)23-20-29;/h17-20,22-23,25H,4-16,21,24,26-27H2,1-3H3;1H/q+1;/p-1. The number of aryl methyl sites for hydroxylation is 1. The highest BCUT2D eigenvalue weighted by atomic mass is 127. The first-order valence-corrected chi connectivity index (χ1v) is 15.7. The van der Waals surface area contributed by atoms with Crippen LogP contribution in [0.2, 0.25) is 5.02 Å². The third kappa shape index (κ3) is 15.8. The van der Waals surface area contributed by atoms with Crippen LogP contribution in [0.3, 0.4) is 0 Å². The van der Waals surface area contributed by atoms with E-state index in [0.29, 0.717) is 17.4 Å². The Hall–Kier alpha value is -1.87. The van der Waals surface area contributed by atoms with Gasteiger partial charge in [0.2, 0.25) is 5.91 Å². The lowest BCUT2D eigenvalue weighted by atomic mass is 10.1. The second-order valence-corrected chi connectivity index (χ2v) is 11.0. The Balaban J connectivity index is 0.00000840. The Labute approximate surface area is 270 Å². The summed E-state index contributed by atoms with van der Waals surface area (Å²) in [4.78, 5) is 25.9. The topological polar surface area (TPSA) is 59.7 Å². The molecule has 0 unspecified atom stereocenters. The van der Waals surface area contributed by atoms with Crippen molar-refractivity contribution in [1.82, 2.24) is 4.90 Å². The molecule has 1 aromatic carbocycles. The van der Waals surface area contributed by atoms with Gasteiger partial charge in [-0.25, -0.2) is 14.3 Å². The van der Waals surface area contributed by atoms with E-state index in [2.05, 4.69) is 18.4 Å². The number of halogens is 2. The number of imide groups is 1. The number of hydrogen-bond acceptors (Lipinski definition) is 4. The van der Waals surface area contributed by atoms with Crippen molar-refractivity contribution in [2.75, 3.05) is 6.61 Å². The number of pyridine rings is 1. The second-order valence-electron chi connectivity index (χ2n) is 10.6. The highest BCUT2D eigenvalue weighted by molar-refractivity contribution is 6.32. The molecule has 0 radical (unpaired) electrons. The predicted octanol–water partition coefficient (Wildman–Crippen LogP) is 5.81. The minimum absolute atomic E-state index is 0. The maximum Gasteiger partial charge on any atom is 0.417 e. The molecule has 0 spiro atoms. The van der Waals surface area contributed by atoms with Crippen molar-refractivity contribution in [2.24, 2.45) is 0 Å². The van der Waals surface area contributed by atoms with E-state index in [-0.39, 0.29) is 43.0 Å². The summed E-state index contributed by atoms with van der Waals surface area (Å²) in [7, 11) is 0. The summed E-state index contributed by atoms with van der Waals surface area (Å²) in [5.41, 5.74) is 1.59. The molecular formula is C33H50ClIN2O4. The smallest absolute Gasteiger partial charge is 0.417 e. The summed E-state index contributed by atoms with van der Waals surface area (Å²) < 4.78 is 13.4. The lowest BCUT2D eigenvalue weighted by Gasteiger charge is -2.19. The molecule has 8 heteroatoms. The molecule has 6 nitrogen and oxygen atoms in total. The molecule has 1 heterocycles. The Bertz CT molecular complexity index is 1000. The lowest BCUT2D eigenvalue weighted by molar-refractivity contribution is -0.697. The molecule has 0 N–H and O–H groups in total. The Morgan fingerprint density at radius 2 is 1.39 bits per heavy atom. The molecule has 0 atom stereocenters. The number of amides is 2. The van der Waals surface area contributed by atoms with E-state index in [1.54, 1.807) is 6.07 Å². The van der Waals surface area contributed by atoms with Crippen LogP contribution in [0.15, 0.2) is 42.7 Å². The molecule has 2 rings (SSSR count). The van der Waals surface area contributed by atoms with Gasteiger partial charge in [0.1, 0.15) is 18.9 Å². The van der Waals surface area contributed by atoms with Crippen LogP contribution >= 0.6 is 11.6 Å². The fourth-order valence-corrected chi connectivity index (χ4v) is 4.84. The van der Waals surface area contributed by atoms with E-state index in [0.717, 1.165) is 41.8 Å². The molecule has 1 aromatic heterocycles. The fourth-order valence-electron chi connectivity index (χ4n) is 4.59. The van der Waals surface area contributed by atoms with Gasteiger partial charge in [0, 0.05) is 25.5 Å². The minimum Gasteiger partial charge on any atom is -1.00 e. The normalized spacial score (nSPS) is 10.6. The molecule has 0 aliphatic rings. The van der Waals surface area contributed by atoms with Crippen molar-refractivity contribution in [2.45, 2.75) is 124 Å². The first-order valence-electron chi connectivity index (χ1n) is 15.3. The number of aromatic nitrogens is 1. The number of nitrogens with zero attached hydrogens (tertiary/aromatic N) is 2. The maximum atomic E-state index is 12.7. The highest BCUT2D eigenvalue weighted by Crippen LogP contribution is 2.26. The SMILES string of the molecule is CCCCCCCCCCCCCCOc1ccc(COC(=O)N(Cc2cc[n+](CCC)cc2)C(C)=O)cc1Cl.[I-]. The van der Waals surface area contributed by atoms with Crippen LogP contribution in [-0.4, -0.2) is 23.5 Å². The Morgan fingerprint density at radius 3 is 1.93 bits per heavy atom. The predicted molar refractivity (Wildman–Crippen MR) is 161 cm³/mol. The molecule has 0 aliphatic carbocycles. The van der Waals surface area contributed by atoms with Gasteiger partial charge in [-0.1, -0.05) is 102 Å². The zero-order valence-corrected chi connectivity index (χ0v) is 28.3. The molecular weight excluding hydrogens is 651 g/mol. The first kappa shape index (κ1) is 37.2. The van der Waals surface area contributed by atoms with E-state index in [4.69, 9.17) is 21.1 Å². The fraction of sp³-hybridized carbons (Fsp3) is 0.606. The summed E-state index contributed by atoms with van der Waals surface area (Å²) in [5.74, 6) is 0.268. The molecule has 2 amide bonds. The van der Waals surface area contributed by atoms with Gasteiger partial charge in [0.05, 0.1) is 18.2 Å². The van der Waals surface area contributed by atoms with E-state index >= 15 is 0 Å². The van der Waals surface area contributed by atoms with Crippen LogP contribution in [0, 0.1) is 0 Å². The van der Waals surface area contributed by atoms with Crippen LogP contribution in [0.1, 0.15) is 115 Å². The third-order valence-corrected chi connectivity index (χ3v) is 7.29. The van der Waals surface area contributed by atoms with Crippen LogP contribution in [0.25, 0.3) is 0 Å². The molecule has 41 heavy (non-hydrogen) atoms. The number of unbranched alkanes of at least 4 members (excludes halogenated alkanes) is 11. The summed E-state index contributed by atoms with van der Waals surface area (Å²) in [5, 5.41) is 0.487. The molecule has 0 saturated heterocycles. The van der Waals surface area contributed by atoms with E-state index in [1.807, 2.05) is 36.7 Å². The quantitative estimate of drug-likeness (QED) is 0.0995. The molecule has 0 aliphatic heterocycles. The van der Waals surface area contributed by atoms with Crippen molar-refractivity contribution in [1.29, 1.82) is 0 Å². The van der Waals surface area contributed by atoms with E-state index < -0.39 is 6.09 Å². The number of rotatable bonds is 20.